The first-order valence-corrected chi connectivity index (χ1v) is 6.20. The van der Waals surface area contributed by atoms with Crippen LogP contribution in [0.5, 0.6) is 0 Å². The molecule has 1 heterocycles. The molecule has 2 rings (SSSR count). The number of aromatic nitrogens is 2. The molecular weight excluding hydrogens is 229 g/mol. The van der Waals surface area contributed by atoms with Crippen LogP contribution in [0.3, 0.4) is 0 Å². The average Bonchev–Trinajstić information content (AvgIpc) is 2.77. The number of aryl methyl sites for hydroxylation is 2. The van der Waals surface area contributed by atoms with Gasteiger partial charge in [0.25, 0.3) is 0 Å². The molecular formula is C14H18FN3. The number of anilines is 1. The van der Waals surface area contributed by atoms with Gasteiger partial charge < -0.3 is 9.88 Å². The van der Waals surface area contributed by atoms with Crippen LogP contribution < -0.4 is 5.32 Å². The first kappa shape index (κ1) is 12.6. The van der Waals surface area contributed by atoms with E-state index in [4.69, 9.17) is 0 Å². The molecule has 0 atom stereocenters. The number of nitrogens with zero attached hydrogens (tertiary/aromatic N) is 2. The Labute approximate surface area is 107 Å². The summed E-state index contributed by atoms with van der Waals surface area (Å²) in [5, 5.41) is 3.15. The topological polar surface area (TPSA) is 29.9 Å². The molecule has 18 heavy (non-hydrogen) atoms. The van der Waals surface area contributed by atoms with Crippen LogP contribution in [0.25, 0.3) is 0 Å². The predicted molar refractivity (Wildman–Crippen MR) is 71.0 cm³/mol. The van der Waals surface area contributed by atoms with Gasteiger partial charge in [0.05, 0.1) is 24.3 Å². The van der Waals surface area contributed by atoms with Gasteiger partial charge in [0.1, 0.15) is 5.82 Å². The Balaban J connectivity index is 2.09. The maximum absolute atomic E-state index is 13.6. The van der Waals surface area contributed by atoms with Crippen molar-refractivity contribution in [3.8, 4) is 0 Å². The van der Waals surface area contributed by atoms with Crippen molar-refractivity contribution in [3.63, 3.8) is 0 Å². The SMILES string of the molecule is CCCn1cncc1CNc1c(C)cccc1F. The molecule has 0 aliphatic heterocycles. The van der Waals surface area contributed by atoms with Crippen LogP contribution in [-0.4, -0.2) is 9.55 Å². The second-order valence-corrected chi connectivity index (χ2v) is 4.36. The highest BCUT2D eigenvalue weighted by molar-refractivity contribution is 5.51. The molecule has 2 aromatic rings. The highest BCUT2D eigenvalue weighted by Gasteiger charge is 2.06. The lowest BCUT2D eigenvalue weighted by molar-refractivity contribution is 0.625. The number of nitrogens with one attached hydrogen (secondary N) is 1. The van der Waals surface area contributed by atoms with Crippen LogP contribution >= 0.6 is 0 Å². The second-order valence-electron chi connectivity index (χ2n) is 4.36. The van der Waals surface area contributed by atoms with E-state index in [1.165, 1.54) is 6.07 Å². The van der Waals surface area contributed by atoms with E-state index in [0.717, 1.165) is 24.2 Å². The summed E-state index contributed by atoms with van der Waals surface area (Å²) in [5.41, 5.74) is 2.55. The third-order valence-corrected chi connectivity index (χ3v) is 2.93. The van der Waals surface area contributed by atoms with Crippen LogP contribution in [0.15, 0.2) is 30.7 Å². The van der Waals surface area contributed by atoms with Gasteiger partial charge in [-0.1, -0.05) is 19.1 Å². The first-order chi connectivity index (χ1) is 8.72. The second kappa shape index (κ2) is 5.67. The molecule has 4 heteroatoms. The quantitative estimate of drug-likeness (QED) is 0.878. The molecule has 0 radical (unpaired) electrons. The molecule has 0 aliphatic carbocycles. The Kier molecular flexibility index (Phi) is 3.97. The third kappa shape index (κ3) is 2.70. The van der Waals surface area contributed by atoms with Crippen molar-refractivity contribution in [3.05, 3.63) is 47.8 Å². The summed E-state index contributed by atoms with van der Waals surface area (Å²) in [6, 6.07) is 5.09. The van der Waals surface area contributed by atoms with E-state index in [1.54, 1.807) is 6.07 Å². The predicted octanol–water partition coefficient (Wildman–Crippen LogP) is 3.35. The van der Waals surface area contributed by atoms with Gasteiger partial charge >= 0.3 is 0 Å². The van der Waals surface area contributed by atoms with Crippen LogP contribution in [0.1, 0.15) is 24.6 Å². The third-order valence-electron chi connectivity index (χ3n) is 2.93. The molecule has 96 valence electrons. The van der Waals surface area contributed by atoms with E-state index in [1.807, 2.05) is 25.5 Å². The van der Waals surface area contributed by atoms with Gasteiger partial charge in [-0.25, -0.2) is 9.37 Å². The molecule has 1 aromatic carbocycles. The standard InChI is InChI=1S/C14H18FN3/c1-3-7-18-10-16-8-12(18)9-17-14-11(2)5-4-6-13(14)15/h4-6,8,10,17H,3,7,9H2,1-2H3. The lowest BCUT2D eigenvalue weighted by Gasteiger charge is -2.12. The molecule has 0 unspecified atom stereocenters. The zero-order valence-corrected chi connectivity index (χ0v) is 10.8. The van der Waals surface area contributed by atoms with Crippen LogP contribution in [0, 0.1) is 12.7 Å². The zero-order valence-electron chi connectivity index (χ0n) is 10.8. The molecule has 1 N–H and O–H groups in total. The number of hydrogen-bond acceptors (Lipinski definition) is 2. The van der Waals surface area contributed by atoms with Gasteiger partial charge in [-0.05, 0) is 25.0 Å². The maximum Gasteiger partial charge on any atom is 0.146 e. The normalized spacial score (nSPS) is 10.6. The Morgan fingerprint density at radius 3 is 2.94 bits per heavy atom. The number of rotatable bonds is 5. The van der Waals surface area contributed by atoms with E-state index in [9.17, 15) is 4.39 Å². The largest absolute Gasteiger partial charge is 0.377 e. The monoisotopic (exact) mass is 247 g/mol. The van der Waals surface area contributed by atoms with Crippen LogP contribution in [0.2, 0.25) is 0 Å². The maximum atomic E-state index is 13.6. The molecule has 0 saturated carbocycles. The summed E-state index contributed by atoms with van der Waals surface area (Å²) in [4.78, 5) is 4.13. The average molecular weight is 247 g/mol. The fourth-order valence-electron chi connectivity index (χ4n) is 1.97. The fourth-order valence-corrected chi connectivity index (χ4v) is 1.97. The number of hydrogen-bond donors (Lipinski definition) is 1. The zero-order chi connectivity index (χ0) is 13.0. The van der Waals surface area contributed by atoms with E-state index < -0.39 is 0 Å². The number of halogens is 1. The minimum absolute atomic E-state index is 0.212. The molecule has 0 spiro atoms. The van der Waals surface area contributed by atoms with E-state index >= 15 is 0 Å². The van der Waals surface area contributed by atoms with Gasteiger partial charge in [-0.3, -0.25) is 0 Å². The Bertz CT molecular complexity index is 499. The Hall–Kier alpha value is -1.84. The van der Waals surface area contributed by atoms with Gasteiger partial charge in [-0.15, -0.1) is 0 Å². The Morgan fingerprint density at radius 1 is 1.39 bits per heavy atom. The van der Waals surface area contributed by atoms with E-state index in [-0.39, 0.29) is 5.82 Å². The first-order valence-electron chi connectivity index (χ1n) is 6.20. The molecule has 0 amide bonds. The summed E-state index contributed by atoms with van der Waals surface area (Å²) in [5.74, 6) is -0.212. The Morgan fingerprint density at radius 2 is 2.22 bits per heavy atom. The summed E-state index contributed by atoms with van der Waals surface area (Å²) in [6.07, 6.45) is 4.69. The molecule has 0 fully saturated rings. The minimum Gasteiger partial charge on any atom is -0.377 e. The summed E-state index contributed by atoms with van der Waals surface area (Å²) >= 11 is 0. The lowest BCUT2D eigenvalue weighted by atomic mass is 10.2. The van der Waals surface area contributed by atoms with Crippen molar-refractivity contribution < 1.29 is 4.39 Å². The highest BCUT2D eigenvalue weighted by Crippen LogP contribution is 2.19. The number of benzene rings is 1. The summed E-state index contributed by atoms with van der Waals surface area (Å²) in [6.45, 7) is 5.54. The molecule has 0 aliphatic rings. The minimum atomic E-state index is -0.212. The van der Waals surface area contributed by atoms with Gasteiger partial charge in [0, 0.05) is 12.7 Å². The lowest BCUT2D eigenvalue weighted by Crippen LogP contribution is -2.08. The molecule has 0 saturated heterocycles. The fraction of sp³-hybridized carbons (Fsp3) is 0.357. The van der Waals surface area contributed by atoms with Crippen molar-refractivity contribution in [2.24, 2.45) is 0 Å². The number of para-hydroxylation sites is 1. The van der Waals surface area contributed by atoms with E-state index in [0.29, 0.717) is 12.2 Å². The smallest absolute Gasteiger partial charge is 0.146 e. The van der Waals surface area contributed by atoms with Gasteiger partial charge in [0.15, 0.2) is 0 Å². The van der Waals surface area contributed by atoms with Crippen LogP contribution in [-0.2, 0) is 13.1 Å². The molecule has 3 nitrogen and oxygen atoms in total. The van der Waals surface area contributed by atoms with Crippen molar-refractivity contribution in [1.29, 1.82) is 0 Å². The van der Waals surface area contributed by atoms with Crippen molar-refractivity contribution >= 4 is 5.69 Å². The molecule has 0 bridgehead atoms. The van der Waals surface area contributed by atoms with E-state index in [2.05, 4.69) is 21.8 Å². The molecule has 1 aromatic heterocycles. The highest BCUT2D eigenvalue weighted by atomic mass is 19.1. The summed E-state index contributed by atoms with van der Waals surface area (Å²) in [7, 11) is 0. The van der Waals surface area contributed by atoms with Crippen molar-refractivity contribution in [1.82, 2.24) is 9.55 Å². The van der Waals surface area contributed by atoms with Crippen LogP contribution in [0.4, 0.5) is 10.1 Å². The number of imidazole rings is 1. The van der Waals surface area contributed by atoms with Crippen molar-refractivity contribution in [2.45, 2.75) is 33.4 Å². The van der Waals surface area contributed by atoms with Gasteiger partial charge in [0.2, 0.25) is 0 Å². The summed E-state index contributed by atoms with van der Waals surface area (Å²) < 4.78 is 15.7. The van der Waals surface area contributed by atoms with Gasteiger partial charge in [-0.2, -0.15) is 0 Å². The van der Waals surface area contributed by atoms with Crippen molar-refractivity contribution in [2.75, 3.05) is 5.32 Å².